The van der Waals surface area contributed by atoms with Gasteiger partial charge in [-0.25, -0.2) is 0 Å². The zero-order chi connectivity index (χ0) is 18.6. The van der Waals surface area contributed by atoms with Gasteiger partial charge in [-0.2, -0.15) is 0 Å². The largest absolute Gasteiger partial charge is 0.488 e. The van der Waals surface area contributed by atoms with Crippen molar-refractivity contribution in [3.05, 3.63) is 65.7 Å². The summed E-state index contributed by atoms with van der Waals surface area (Å²) in [6.45, 7) is 1.39. The number of benzene rings is 2. The smallest absolute Gasteiger partial charge is 0.253 e. The van der Waals surface area contributed by atoms with Gasteiger partial charge in [-0.05, 0) is 37.1 Å². The van der Waals surface area contributed by atoms with E-state index in [-0.39, 0.29) is 24.3 Å². The van der Waals surface area contributed by atoms with Gasteiger partial charge in [-0.15, -0.1) is 0 Å². The van der Waals surface area contributed by atoms with Crippen molar-refractivity contribution in [1.82, 2.24) is 4.90 Å². The molecule has 2 aromatic carbocycles. The predicted molar refractivity (Wildman–Crippen MR) is 104 cm³/mol. The standard InChI is InChI=1S/C22H22N2O3/c25-21(23-19-9-2-1-3-10-19)17-8-6-12-24(14-17)22(26)18-13-16-7-4-5-11-20(16)27-15-18/h1-5,7,9-11,13,17H,6,8,12,14-15H2,(H,23,25). The van der Waals surface area contributed by atoms with Crippen LogP contribution < -0.4 is 10.1 Å². The summed E-state index contributed by atoms with van der Waals surface area (Å²) in [6.07, 6.45) is 3.51. The van der Waals surface area contributed by atoms with Crippen LogP contribution in [0.1, 0.15) is 18.4 Å². The maximum Gasteiger partial charge on any atom is 0.253 e. The van der Waals surface area contributed by atoms with Crippen LogP contribution in [0.15, 0.2) is 60.2 Å². The Balaban J connectivity index is 1.43. The Morgan fingerprint density at radius 1 is 1.04 bits per heavy atom. The molecule has 4 rings (SSSR count). The molecule has 0 saturated carbocycles. The summed E-state index contributed by atoms with van der Waals surface area (Å²) >= 11 is 0. The molecule has 27 heavy (non-hydrogen) atoms. The van der Waals surface area contributed by atoms with Crippen LogP contribution in [-0.4, -0.2) is 36.4 Å². The van der Waals surface area contributed by atoms with E-state index in [0.29, 0.717) is 18.7 Å². The first-order valence-electron chi connectivity index (χ1n) is 9.28. The molecule has 0 aliphatic carbocycles. The van der Waals surface area contributed by atoms with E-state index in [9.17, 15) is 9.59 Å². The molecule has 1 N–H and O–H groups in total. The average molecular weight is 362 g/mol. The molecule has 2 aromatic rings. The van der Waals surface area contributed by atoms with E-state index in [1.54, 1.807) is 4.90 Å². The minimum absolute atomic E-state index is 0.0297. The van der Waals surface area contributed by atoms with Gasteiger partial charge in [0.15, 0.2) is 0 Å². The minimum atomic E-state index is -0.194. The summed E-state index contributed by atoms with van der Waals surface area (Å²) in [5.74, 6) is 0.535. The number of carbonyl (C=O) groups excluding carboxylic acids is 2. The van der Waals surface area contributed by atoms with Gasteiger partial charge in [-0.1, -0.05) is 36.4 Å². The molecule has 138 valence electrons. The average Bonchev–Trinajstić information content (AvgIpc) is 2.73. The second kappa shape index (κ2) is 7.66. The fourth-order valence-corrected chi connectivity index (χ4v) is 3.58. The van der Waals surface area contributed by atoms with Crippen LogP contribution in [0.25, 0.3) is 6.08 Å². The highest BCUT2D eigenvalue weighted by molar-refractivity contribution is 6.00. The molecule has 2 heterocycles. The number of para-hydroxylation sites is 2. The molecule has 1 fully saturated rings. The monoisotopic (exact) mass is 362 g/mol. The molecule has 0 aromatic heterocycles. The van der Waals surface area contributed by atoms with E-state index in [2.05, 4.69) is 5.32 Å². The number of piperidine rings is 1. The zero-order valence-electron chi connectivity index (χ0n) is 15.1. The van der Waals surface area contributed by atoms with E-state index < -0.39 is 0 Å². The molecule has 5 nitrogen and oxygen atoms in total. The highest BCUT2D eigenvalue weighted by atomic mass is 16.5. The Labute approximate surface area is 158 Å². The molecular formula is C22H22N2O3. The van der Waals surface area contributed by atoms with Gasteiger partial charge in [-0.3, -0.25) is 9.59 Å². The Kier molecular flexibility index (Phi) is 4.92. The number of carbonyl (C=O) groups is 2. The van der Waals surface area contributed by atoms with Crippen LogP contribution in [0.2, 0.25) is 0 Å². The van der Waals surface area contributed by atoms with Crippen LogP contribution >= 0.6 is 0 Å². The first-order valence-corrected chi connectivity index (χ1v) is 9.28. The Bertz CT molecular complexity index is 876. The van der Waals surface area contributed by atoms with Gasteiger partial charge < -0.3 is 15.0 Å². The Morgan fingerprint density at radius 2 is 1.81 bits per heavy atom. The van der Waals surface area contributed by atoms with E-state index in [0.717, 1.165) is 29.8 Å². The highest BCUT2D eigenvalue weighted by Crippen LogP contribution is 2.27. The maximum absolute atomic E-state index is 12.9. The Morgan fingerprint density at radius 3 is 2.67 bits per heavy atom. The molecule has 0 bridgehead atoms. The number of nitrogens with one attached hydrogen (secondary N) is 1. The summed E-state index contributed by atoms with van der Waals surface area (Å²) in [5.41, 5.74) is 2.34. The molecule has 1 unspecified atom stereocenters. The van der Waals surface area contributed by atoms with Gasteiger partial charge in [0.25, 0.3) is 5.91 Å². The van der Waals surface area contributed by atoms with Crippen molar-refractivity contribution >= 4 is 23.6 Å². The second-order valence-electron chi connectivity index (χ2n) is 6.94. The topological polar surface area (TPSA) is 58.6 Å². The number of likely N-dealkylation sites (tertiary alicyclic amines) is 1. The number of anilines is 1. The Hall–Kier alpha value is -3.08. The van der Waals surface area contributed by atoms with Gasteiger partial charge in [0.05, 0.1) is 11.5 Å². The fraction of sp³-hybridized carbons (Fsp3) is 0.273. The van der Waals surface area contributed by atoms with Crippen molar-refractivity contribution < 1.29 is 14.3 Å². The molecular weight excluding hydrogens is 340 g/mol. The molecule has 0 spiro atoms. The van der Waals surface area contributed by atoms with Crippen LogP contribution in [-0.2, 0) is 9.59 Å². The van der Waals surface area contributed by atoms with Crippen molar-refractivity contribution in [2.24, 2.45) is 5.92 Å². The van der Waals surface area contributed by atoms with Gasteiger partial charge in [0.1, 0.15) is 12.4 Å². The number of rotatable bonds is 3. The molecule has 2 aliphatic rings. The zero-order valence-corrected chi connectivity index (χ0v) is 15.1. The minimum Gasteiger partial charge on any atom is -0.488 e. The number of hydrogen-bond acceptors (Lipinski definition) is 3. The lowest BCUT2D eigenvalue weighted by atomic mass is 9.96. The third kappa shape index (κ3) is 3.87. The van der Waals surface area contributed by atoms with Crippen molar-refractivity contribution in [3.8, 4) is 5.75 Å². The van der Waals surface area contributed by atoms with Crippen LogP contribution in [0, 0.1) is 5.92 Å². The number of amides is 2. The molecule has 2 aliphatic heterocycles. The van der Waals surface area contributed by atoms with Crippen LogP contribution in [0.4, 0.5) is 5.69 Å². The predicted octanol–water partition coefficient (Wildman–Crippen LogP) is 3.34. The van der Waals surface area contributed by atoms with E-state index >= 15 is 0 Å². The SMILES string of the molecule is O=C(Nc1ccccc1)C1CCCN(C(=O)C2=Cc3ccccc3OC2)C1. The summed E-state index contributed by atoms with van der Waals surface area (Å²) < 4.78 is 5.71. The van der Waals surface area contributed by atoms with Crippen molar-refractivity contribution in [1.29, 1.82) is 0 Å². The third-order valence-electron chi connectivity index (χ3n) is 5.03. The summed E-state index contributed by atoms with van der Waals surface area (Å²) in [4.78, 5) is 27.3. The van der Waals surface area contributed by atoms with Crippen molar-refractivity contribution in [2.45, 2.75) is 12.8 Å². The highest BCUT2D eigenvalue weighted by Gasteiger charge is 2.30. The molecule has 0 radical (unpaired) electrons. The number of fused-ring (bicyclic) bond motifs is 1. The summed E-state index contributed by atoms with van der Waals surface area (Å²) in [6, 6.07) is 17.1. The summed E-state index contributed by atoms with van der Waals surface area (Å²) in [7, 11) is 0. The van der Waals surface area contributed by atoms with E-state index in [4.69, 9.17) is 4.74 Å². The number of hydrogen-bond donors (Lipinski definition) is 1. The molecule has 5 heteroatoms. The summed E-state index contributed by atoms with van der Waals surface area (Å²) in [5, 5.41) is 2.95. The lowest BCUT2D eigenvalue weighted by Crippen LogP contribution is -2.45. The van der Waals surface area contributed by atoms with Crippen LogP contribution in [0.5, 0.6) is 5.75 Å². The van der Waals surface area contributed by atoms with Gasteiger partial charge >= 0.3 is 0 Å². The van der Waals surface area contributed by atoms with Gasteiger partial charge in [0.2, 0.25) is 5.91 Å². The first kappa shape index (κ1) is 17.3. The second-order valence-corrected chi connectivity index (χ2v) is 6.94. The molecule has 1 atom stereocenters. The number of nitrogens with zero attached hydrogens (tertiary/aromatic N) is 1. The third-order valence-corrected chi connectivity index (χ3v) is 5.03. The van der Waals surface area contributed by atoms with Gasteiger partial charge in [0, 0.05) is 24.3 Å². The van der Waals surface area contributed by atoms with E-state index in [1.807, 2.05) is 60.7 Å². The quantitative estimate of drug-likeness (QED) is 0.911. The first-order chi connectivity index (χ1) is 13.2. The molecule has 1 saturated heterocycles. The maximum atomic E-state index is 12.9. The number of ether oxygens (including phenoxy) is 1. The van der Waals surface area contributed by atoms with Crippen molar-refractivity contribution in [3.63, 3.8) is 0 Å². The lowest BCUT2D eigenvalue weighted by molar-refractivity contribution is -0.131. The normalized spacial score (nSPS) is 18.7. The van der Waals surface area contributed by atoms with Crippen molar-refractivity contribution in [2.75, 3.05) is 25.0 Å². The van der Waals surface area contributed by atoms with E-state index in [1.165, 1.54) is 0 Å². The molecule has 2 amide bonds. The van der Waals surface area contributed by atoms with Crippen LogP contribution in [0.3, 0.4) is 0 Å². The fourth-order valence-electron chi connectivity index (χ4n) is 3.58. The lowest BCUT2D eigenvalue weighted by Gasteiger charge is -2.33.